The molecule has 27 heavy (non-hydrogen) atoms. The van der Waals surface area contributed by atoms with Gasteiger partial charge in [0.2, 0.25) is 17.6 Å². The van der Waals surface area contributed by atoms with Crippen molar-refractivity contribution in [1.82, 2.24) is 5.32 Å². The molecule has 1 saturated heterocycles. The van der Waals surface area contributed by atoms with Crippen molar-refractivity contribution in [2.75, 3.05) is 39.3 Å². The monoisotopic (exact) mass is 377 g/mol. The van der Waals surface area contributed by atoms with Gasteiger partial charge in [-0.3, -0.25) is 9.59 Å². The fraction of sp³-hybridized carbons (Fsp3) is 0.579. The Hall–Kier alpha value is -2.48. The van der Waals surface area contributed by atoms with E-state index in [9.17, 15) is 9.59 Å². The number of carbonyl (C=O) groups is 2. The van der Waals surface area contributed by atoms with Crippen molar-refractivity contribution in [3.8, 4) is 17.2 Å². The highest BCUT2D eigenvalue weighted by Gasteiger charge is 2.38. The van der Waals surface area contributed by atoms with Gasteiger partial charge in [-0.15, -0.1) is 0 Å². The summed E-state index contributed by atoms with van der Waals surface area (Å²) >= 11 is 0. The molecule has 3 N–H and O–H groups in total. The molecule has 3 rings (SSSR count). The summed E-state index contributed by atoms with van der Waals surface area (Å²) in [7, 11) is 4.57. The van der Waals surface area contributed by atoms with Gasteiger partial charge < -0.3 is 30.2 Å². The highest BCUT2D eigenvalue weighted by Crippen LogP contribution is 2.42. The summed E-state index contributed by atoms with van der Waals surface area (Å²) in [4.78, 5) is 26.7. The maximum Gasteiger partial charge on any atom is 0.227 e. The summed E-state index contributed by atoms with van der Waals surface area (Å²) in [6.45, 7) is 0.735. The summed E-state index contributed by atoms with van der Waals surface area (Å²) in [6, 6.07) is 3.43. The molecule has 8 heteroatoms. The number of hydrogen-bond acceptors (Lipinski definition) is 6. The number of rotatable bonds is 8. The highest BCUT2D eigenvalue weighted by molar-refractivity contribution is 6.00. The van der Waals surface area contributed by atoms with Crippen molar-refractivity contribution in [2.45, 2.75) is 25.3 Å². The molecule has 0 radical (unpaired) electrons. The first kappa shape index (κ1) is 19.3. The molecule has 148 valence electrons. The second kappa shape index (κ2) is 8.04. The number of amides is 2. The number of carbonyl (C=O) groups excluding carboxylic acids is 2. The Morgan fingerprint density at radius 1 is 1.22 bits per heavy atom. The fourth-order valence-corrected chi connectivity index (χ4v) is 3.52. The lowest BCUT2D eigenvalue weighted by molar-refractivity contribution is -0.127. The SMILES string of the molecule is COc1cc(N2CC(C(=O)NC(CN)C3CC3)CC2=O)cc(OC)c1OC. The molecule has 2 atom stereocenters. The van der Waals surface area contributed by atoms with Gasteiger partial charge in [-0.1, -0.05) is 0 Å². The van der Waals surface area contributed by atoms with Gasteiger partial charge in [-0.25, -0.2) is 0 Å². The quantitative estimate of drug-likeness (QED) is 0.698. The first-order chi connectivity index (χ1) is 13.0. The minimum Gasteiger partial charge on any atom is -0.493 e. The van der Waals surface area contributed by atoms with Crippen LogP contribution in [-0.2, 0) is 9.59 Å². The number of ether oxygens (including phenoxy) is 3. The topological polar surface area (TPSA) is 103 Å². The number of nitrogens with two attached hydrogens (primary N) is 1. The number of hydrogen-bond donors (Lipinski definition) is 2. The second-order valence-electron chi connectivity index (χ2n) is 6.98. The predicted octanol–water partition coefficient (Wildman–Crippen LogP) is 0.919. The van der Waals surface area contributed by atoms with Crippen molar-refractivity contribution in [3.63, 3.8) is 0 Å². The molecule has 1 aromatic rings. The third kappa shape index (κ3) is 3.95. The predicted molar refractivity (Wildman–Crippen MR) is 100 cm³/mol. The van der Waals surface area contributed by atoms with E-state index in [2.05, 4.69) is 5.32 Å². The van der Waals surface area contributed by atoms with Gasteiger partial charge in [0.15, 0.2) is 11.5 Å². The molecular formula is C19H27N3O5. The zero-order valence-electron chi connectivity index (χ0n) is 16.0. The molecule has 2 aliphatic rings. The van der Waals surface area contributed by atoms with Crippen molar-refractivity contribution >= 4 is 17.5 Å². The number of methoxy groups -OCH3 is 3. The number of nitrogens with zero attached hydrogens (tertiary/aromatic N) is 1. The highest BCUT2D eigenvalue weighted by atomic mass is 16.5. The number of benzene rings is 1. The number of anilines is 1. The van der Waals surface area contributed by atoms with E-state index in [1.165, 1.54) is 21.3 Å². The Morgan fingerprint density at radius 2 is 1.85 bits per heavy atom. The molecule has 2 fully saturated rings. The summed E-state index contributed by atoms with van der Waals surface area (Å²) in [5.74, 6) is 1.24. The molecule has 1 aromatic carbocycles. The first-order valence-electron chi connectivity index (χ1n) is 9.13. The molecule has 1 aliphatic heterocycles. The summed E-state index contributed by atoms with van der Waals surface area (Å²) < 4.78 is 16.0. The number of nitrogens with one attached hydrogen (secondary N) is 1. The zero-order chi connectivity index (χ0) is 19.6. The van der Waals surface area contributed by atoms with Gasteiger partial charge in [0.1, 0.15) is 0 Å². The first-order valence-corrected chi connectivity index (χ1v) is 9.13. The molecule has 1 aliphatic carbocycles. The summed E-state index contributed by atoms with van der Waals surface area (Å²) in [5, 5.41) is 3.01. The molecule has 1 saturated carbocycles. The molecule has 8 nitrogen and oxygen atoms in total. The molecule has 0 bridgehead atoms. The zero-order valence-corrected chi connectivity index (χ0v) is 16.0. The third-order valence-corrected chi connectivity index (χ3v) is 5.23. The second-order valence-corrected chi connectivity index (χ2v) is 6.98. The van der Waals surface area contributed by atoms with Crippen LogP contribution in [0.5, 0.6) is 17.2 Å². The third-order valence-electron chi connectivity index (χ3n) is 5.23. The molecule has 2 unspecified atom stereocenters. The average Bonchev–Trinajstić information content (AvgIpc) is 3.45. The van der Waals surface area contributed by atoms with Gasteiger partial charge in [0.05, 0.1) is 32.9 Å². The van der Waals surface area contributed by atoms with Crippen LogP contribution in [-0.4, -0.2) is 52.3 Å². The largest absolute Gasteiger partial charge is 0.493 e. The lowest BCUT2D eigenvalue weighted by atomic mass is 10.1. The van der Waals surface area contributed by atoms with Gasteiger partial charge in [0, 0.05) is 37.7 Å². The van der Waals surface area contributed by atoms with Crippen LogP contribution >= 0.6 is 0 Å². The molecule has 2 amide bonds. The van der Waals surface area contributed by atoms with E-state index in [0.29, 0.717) is 41.9 Å². The molecule has 0 spiro atoms. The lowest BCUT2D eigenvalue weighted by Crippen LogP contribution is -2.45. The molecule has 1 heterocycles. The van der Waals surface area contributed by atoms with Gasteiger partial charge in [0.25, 0.3) is 0 Å². The maximum atomic E-state index is 12.6. The van der Waals surface area contributed by atoms with Crippen molar-refractivity contribution in [3.05, 3.63) is 12.1 Å². The Labute approximate surface area is 158 Å². The molecule has 0 aromatic heterocycles. The minimum absolute atomic E-state index is 0.00262. The standard InChI is InChI=1S/C19H27N3O5/c1-25-15-7-13(8-16(26-2)18(15)27-3)22-10-12(6-17(22)23)19(24)21-14(9-20)11-4-5-11/h7-8,11-12,14H,4-6,9-10,20H2,1-3H3,(H,21,24). The van der Waals surface area contributed by atoms with E-state index in [1.807, 2.05) is 0 Å². The van der Waals surface area contributed by atoms with Crippen molar-refractivity contribution in [1.29, 1.82) is 0 Å². The van der Waals surface area contributed by atoms with Crippen molar-refractivity contribution < 1.29 is 23.8 Å². The Kier molecular flexibility index (Phi) is 5.74. The van der Waals surface area contributed by atoms with E-state index < -0.39 is 5.92 Å². The van der Waals surface area contributed by atoms with Crippen LogP contribution in [0, 0.1) is 11.8 Å². The van der Waals surface area contributed by atoms with Gasteiger partial charge in [-0.2, -0.15) is 0 Å². The Morgan fingerprint density at radius 3 is 2.33 bits per heavy atom. The fourth-order valence-electron chi connectivity index (χ4n) is 3.52. The lowest BCUT2D eigenvalue weighted by Gasteiger charge is -2.21. The summed E-state index contributed by atoms with van der Waals surface area (Å²) in [5.41, 5.74) is 6.38. The maximum absolute atomic E-state index is 12.6. The van der Waals surface area contributed by atoms with Crippen LogP contribution in [0.3, 0.4) is 0 Å². The van der Waals surface area contributed by atoms with E-state index >= 15 is 0 Å². The minimum atomic E-state index is -0.399. The van der Waals surface area contributed by atoms with Crippen LogP contribution in [0.25, 0.3) is 0 Å². The van der Waals surface area contributed by atoms with Crippen molar-refractivity contribution in [2.24, 2.45) is 17.6 Å². The van der Waals surface area contributed by atoms with Crippen LogP contribution in [0.4, 0.5) is 5.69 Å². The van der Waals surface area contributed by atoms with Crippen LogP contribution in [0.15, 0.2) is 12.1 Å². The molecular weight excluding hydrogens is 350 g/mol. The van der Waals surface area contributed by atoms with E-state index in [4.69, 9.17) is 19.9 Å². The Balaban J connectivity index is 1.76. The smallest absolute Gasteiger partial charge is 0.227 e. The van der Waals surface area contributed by atoms with Crippen LogP contribution in [0.1, 0.15) is 19.3 Å². The van der Waals surface area contributed by atoms with Crippen LogP contribution in [0.2, 0.25) is 0 Å². The van der Waals surface area contributed by atoms with E-state index in [0.717, 1.165) is 12.8 Å². The normalized spacial score (nSPS) is 20.4. The Bertz CT molecular complexity index is 694. The summed E-state index contributed by atoms with van der Waals surface area (Å²) in [6.07, 6.45) is 2.37. The van der Waals surface area contributed by atoms with Gasteiger partial charge >= 0.3 is 0 Å². The van der Waals surface area contributed by atoms with Gasteiger partial charge in [-0.05, 0) is 18.8 Å². The van der Waals surface area contributed by atoms with E-state index in [-0.39, 0.29) is 24.3 Å². The van der Waals surface area contributed by atoms with Crippen LogP contribution < -0.4 is 30.2 Å². The van der Waals surface area contributed by atoms with E-state index in [1.54, 1.807) is 17.0 Å². The average molecular weight is 377 g/mol.